The molecule has 1 saturated heterocycles. The molecule has 2 fully saturated rings. The van der Waals surface area contributed by atoms with Crippen molar-refractivity contribution in [1.29, 1.82) is 0 Å². The number of carbonyl (C=O) groups excluding carboxylic acids is 1. The van der Waals surface area contributed by atoms with Crippen molar-refractivity contribution >= 4 is 5.91 Å². The minimum absolute atomic E-state index is 0.00947. The van der Waals surface area contributed by atoms with E-state index in [0.29, 0.717) is 24.6 Å². The summed E-state index contributed by atoms with van der Waals surface area (Å²) in [6.45, 7) is 0.919. The van der Waals surface area contributed by atoms with E-state index in [-0.39, 0.29) is 12.5 Å². The molecule has 1 saturated carbocycles. The van der Waals surface area contributed by atoms with Gasteiger partial charge in [0.25, 0.3) is 5.91 Å². The zero-order valence-electron chi connectivity index (χ0n) is 12.2. The number of hydrogen-bond donors (Lipinski definition) is 3. The Morgan fingerprint density at radius 1 is 1.45 bits per heavy atom. The molecule has 1 amide bonds. The lowest BCUT2D eigenvalue weighted by Crippen LogP contribution is -2.48. The molecule has 3 heterocycles. The van der Waals surface area contributed by atoms with Crippen LogP contribution in [0.1, 0.15) is 53.3 Å². The lowest BCUT2D eigenvalue weighted by atomic mass is 9.89. The van der Waals surface area contributed by atoms with E-state index in [1.54, 1.807) is 4.90 Å². The van der Waals surface area contributed by atoms with Crippen LogP contribution in [0.2, 0.25) is 0 Å². The van der Waals surface area contributed by atoms with E-state index in [9.17, 15) is 9.90 Å². The number of amides is 1. The maximum atomic E-state index is 12.8. The van der Waals surface area contributed by atoms with Gasteiger partial charge in [-0.05, 0) is 37.7 Å². The predicted molar refractivity (Wildman–Crippen MR) is 78.2 cm³/mol. The summed E-state index contributed by atoms with van der Waals surface area (Å²) in [5, 5.41) is 21.1. The number of likely N-dealkylation sites (tertiary alicyclic amines) is 1. The van der Waals surface area contributed by atoms with Gasteiger partial charge in [-0.15, -0.1) is 0 Å². The highest BCUT2D eigenvalue weighted by Crippen LogP contribution is 2.41. The number of H-pyrrole nitrogens is 2. The molecule has 1 unspecified atom stereocenters. The quantitative estimate of drug-likeness (QED) is 0.791. The Hall–Kier alpha value is -2.15. The fourth-order valence-corrected chi connectivity index (χ4v) is 3.29. The van der Waals surface area contributed by atoms with Gasteiger partial charge in [0, 0.05) is 18.4 Å². The van der Waals surface area contributed by atoms with E-state index in [2.05, 4.69) is 20.4 Å². The Labute approximate surface area is 127 Å². The van der Waals surface area contributed by atoms with Gasteiger partial charge in [0.15, 0.2) is 0 Å². The van der Waals surface area contributed by atoms with E-state index in [1.807, 2.05) is 12.3 Å². The Bertz CT molecular complexity index is 676. The number of rotatable bonds is 3. The molecular weight excluding hydrogens is 282 g/mol. The number of hydrogen-bond acceptors (Lipinski definition) is 4. The average molecular weight is 301 g/mol. The summed E-state index contributed by atoms with van der Waals surface area (Å²) in [6.07, 6.45) is 6.98. The van der Waals surface area contributed by atoms with Crippen molar-refractivity contribution in [3.8, 4) is 0 Å². The minimum Gasteiger partial charge on any atom is -0.382 e. The van der Waals surface area contributed by atoms with Gasteiger partial charge >= 0.3 is 0 Å². The van der Waals surface area contributed by atoms with Crippen LogP contribution in [0, 0.1) is 0 Å². The molecular formula is C15H19N5O2. The number of piperidine rings is 1. The van der Waals surface area contributed by atoms with Gasteiger partial charge in [0.05, 0.1) is 18.3 Å². The Balaban J connectivity index is 1.57. The number of aromatic nitrogens is 4. The maximum absolute atomic E-state index is 12.8. The van der Waals surface area contributed by atoms with E-state index in [0.717, 1.165) is 30.5 Å². The Morgan fingerprint density at radius 2 is 2.32 bits per heavy atom. The summed E-state index contributed by atoms with van der Waals surface area (Å²) >= 11 is 0. The highest BCUT2D eigenvalue weighted by atomic mass is 16.3. The van der Waals surface area contributed by atoms with Crippen LogP contribution in [-0.2, 0) is 5.60 Å². The van der Waals surface area contributed by atoms with E-state index in [1.165, 1.54) is 6.20 Å². The molecule has 1 atom stereocenters. The summed E-state index contributed by atoms with van der Waals surface area (Å²) in [5.74, 6) is 0.484. The average Bonchev–Trinajstić information content (AvgIpc) is 3.05. The molecule has 2 aromatic heterocycles. The van der Waals surface area contributed by atoms with Crippen LogP contribution in [0.25, 0.3) is 0 Å². The van der Waals surface area contributed by atoms with Gasteiger partial charge in [-0.3, -0.25) is 4.79 Å². The Kier molecular flexibility index (Phi) is 3.04. The second-order valence-electron chi connectivity index (χ2n) is 6.30. The van der Waals surface area contributed by atoms with Gasteiger partial charge in [-0.1, -0.05) is 0 Å². The van der Waals surface area contributed by atoms with Crippen molar-refractivity contribution in [1.82, 2.24) is 25.3 Å². The fourth-order valence-electron chi connectivity index (χ4n) is 3.29. The van der Waals surface area contributed by atoms with Gasteiger partial charge < -0.3 is 15.0 Å². The molecule has 4 rings (SSSR count). The summed E-state index contributed by atoms with van der Waals surface area (Å²) in [4.78, 5) is 17.8. The molecule has 1 aliphatic carbocycles. The second kappa shape index (κ2) is 4.95. The summed E-state index contributed by atoms with van der Waals surface area (Å²) in [5.41, 5.74) is 1.17. The first kappa shape index (κ1) is 13.5. The monoisotopic (exact) mass is 301 g/mol. The van der Waals surface area contributed by atoms with Crippen molar-refractivity contribution in [2.45, 2.75) is 37.2 Å². The number of aromatic amines is 2. The molecule has 7 heteroatoms. The normalized spacial score (nSPS) is 25.4. The SMILES string of the molecule is O=C(c1cc[nH]c1C1CC1)N1CCCC(O)(c2cn[nH]n2)C1. The van der Waals surface area contributed by atoms with Gasteiger partial charge in [-0.2, -0.15) is 15.4 Å². The van der Waals surface area contributed by atoms with E-state index >= 15 is 0 Å². The predicted octanol–water partition coefficient (Wildman–Crippen LogP) is 1.13. The van der Waals surface area contributed by atoms with Crippen LogP contribution in [0.5, 0.6) is 0 Å². The standard InChI is InChI=1S/C15H19N5O2/c21-14(11-4-6-16-13(11)10-2-3-10)20-7-1-5-15(22,9-20)12-8-17-19-18-12/h4,6,8,10,16,22H,1-3,5,7,9H2,(H,17,18,19). The molecule has 0 radical (unpaired) electrons. The van der Waals surface area contributed by atoms with Crippen molar-refractivity contribution in [3.63, 3.8) is 0 Å². The number of nitrogens with zero attached hydrogens (tertiary/aromatic N) is 3. The van der Waals surface area contributed by atoms with Crippen molar-refractivity contribution in [2.24, 2.45) is 0 Å². The first-order valence-corrected chi connectivity index (χ1v) is 7.72. The summed E-state index contributed by atoms with van der Waals surface area (Å²) in [6, 6.07) is 1.85. The lowest BCUT2D eigenvalue weighted by molar-refractivity contribution is -0.0320. The Morgan fingerprint density at radius 3 is 3.05 bits per heavy atom. The van der Waals surface area contributed by atoms with Gasteiger partial charge in [-0.25, -0.2) is 0 Å². The van der Waals surface area contributed by atoms with E-state index < -0.39 is 5.60 Å². The fraction of sp³-hybridized carbons (Fsp3) is 0.533. The second-order valence-corrected chi connectivity index (χ2v) is 6.30. The number of nitrogens with one attached hydrogen (secondary N) is 2. The molecule has 0 bridgehead atoms. The van der Waals surface area contributed by atoms with E-state index in [4.69, 9.17) is 0 Å². The highest BCUT2D eigenvalue weighted by Gasteiger charge is 2.40. The van der Waals surface area contributed by atoms with Crippen LogP contribution < -0.4 is 0 Å². The first-order chi connectivity index (χ1) is 10.7. The molecule has 1 aliphatic heterocycles. The highest BCUT2D eigenvalue weighted by molar-refractivity contribution is 5.95. The molecule has 3 N–H and O–H groups in total. The van der Waals surface area contributed by atoms with Crippen LogP contribution in [0.3, 0.4) is 0 Å². The molecule has 0 spiro atoms. The number of carbonyl (C=O) groups is 1. The maximum Gasteiger partial charge on any atom is 0.255 e. The largest absolute Gasteiger partial charge is 0.382 e. The van der Waals surface area contributed by atoms with Gasteiger partial charge in [0.2, 0.25) is 0 Å². The van der Waals surface area contributed by atoms with Crippen LogP contribution in [0.4, 0.5) is 0 Å². The van der Waals surface area contributed by atoms with Crippen LogP contribution in [0.15, 0.2) is 18.5 Å². The zero-order chi connectivity index (χ0) is 15.2. The first-order valence-electron chi connectivity index (χ1n) is 7.72. The minimum atomic E-state index is -1.11. The summed E-state index contributed by atoms with van der Waals surface area (Å²) in [7, 11) is 0. The smallest absolute Gasteiger partial charge is 0.255 e. The topological polar surface area (TPSA) is 97.9 Å². The van der Waals surface area contributed by atoms with Crippen LogP contribution in [-0.4, -0.2) is 49.4 Å². The third-order valence-electron chi connectivity index (χ3n) is 4.64. The molecule has 2 aromatic rings. The zero-order valence-corrected chi connectivity index (χ0v) is 12.2. The van der Waals surface area contributed by atoms with Crippen LogP contribution >= 0.6 is 0 Å². The summed E-state index contributed by atoms with van der Waals surface area (Å²) < 4.78 is 0. The van der Waals surface area contributed by atoms with Crippen molar-refractivity contribution < 1.29 is 9.90 Å². The molecule has 22 heavy (non-hydrogen) atoms. The third kappa shape index (κ3) is 2.21. The number of β-amino-alcohol motifs (C(OH)–C–C–N with tert-alkyl or cyclic N) is 1. The molecule has 116 valence electrons. The van der Waals surface area contributed by atoms with Crippen molar-refractivity contribution in [3.05, 3.63) is 35.4 Å². The molecule has 7 nitrogen and oxygen atoms in total. The molecule has 2 aliphatic rings. The lowest BCUT2D eigenvalue weighted by Gasteiger charge is -2.38. The van der Waals surface area contributed by atoms with Gasteiger partial charge in [0.1, 0.15) is 11.3 Å². The van der Waals surface area contributed by atoms with Crippen molar-refractivity contribution in [2.75, 3.05) is 13.1 Å². The molecule has 0 aromatic carbocycles. The number of aliphatic hydroxyl groups is 1. The third-order valence-corrected chi connectivity index (χ3v) is 4.64.